The number of hydrogen-bond acceptors (Lipinski definition) is 4. The predicted molar refractivity (Wildman–Crippen MR) is 108 cm³/mol. The van der Waals surface area contributed by atoms with Gasteiger partial charge in [0.25, 0.3) is 5.91 Å². The van der Waals surface area contributed by atoms with E-state index in [1.807, 2.05) is 51.9 Å². The summed E-state index contributed by atoms with van der Waals surface area (Å²) in [6, 6.07) is 7.46. The molecule has 172 valence electrons. The van der Waals surface area contributed by atoms with Gasteiger partial charge in [-0.15, -0.1) is 0 Å². The number of aliphatic carboxylic acids is 1. The molecule has 4 rings (SSSR count). The van der Waals surface area contributed by atoms with Gasteiger partial charge in [0.05, 0.1) is 17.3 Å². The maximum absolute atomic E-state index is 13.2. The number of likely N-dealkylation sites (tertiary alicyclic amines) is 1. The summed E-state index contributed by atoms with van der Waals surface area (Å²) in [4.78, 5) is 42.7. The summed E-state index contributed by atoms with van der Waals surface area (Å²) in [5.41, 5.74) is 1.03. The van der Waals surface area contributed by atoms with Crippen molar-refractivity contribution in [2.75, 3.05) is 24.5 Å². The highest BCUT2D eigenvalue weighted by molar-refractivity contribution is 6.01. The second-order valence-electron chi connectivity index (χ2n) is 7.97. The van der Waals surface area contributed by atoms with Crippen molar-refractivity contribution in [3.8, 4) is 0 Å². The van der Waals surface area contributed by atoms with Crippen molar-refractivity contribution in [3.05, 3.63) is 48.5 Å². The number of amides is 2. The number of halogens is 3. The second-order valence-corrected chi connectivity index (χ2v) is 7.97. The maximum atomic E-state index is 13.2. The lowest BCUT2D eigenvalue weighted by Crippen LogP contribution is -2.40. The summed E-state index contributed by atoms with van der Waals surface area (Å²) < 4.78 is 33.6. The highest BCUT2D eigenvalue weighted by Gasteiger charge is 2.56. The minimum atomic E-state index is -5.08. The van der Waals surface area contributed by atoms with Crippen LogP contribution in [0.4, 0.5) is 18.9 Å². The van der Waals surface area contributed by atoms with E-state index in [0.29, 0.717) is 25.3 Å². The van der Waals surface area contributed by atoms with Crippen LogP contribution in [0.3, 0.4) is 0 Å². The number of pyridine rings is 1. The Labute approximate surface area is 182 Å². The van der Waals surface area contributed by atoms with Gasteiger partial charge in [-0.1, -0.05) is 6.92 Å². The minimum Gasteiger partial charge on any atom is -0.475 e. The number of carbonyl (C=O) groups excluding carboxylic acids is 2. The monoisotopic (exact) mass is 452 g/mol. The Morgan fingerprint density at radius 1 is 1.25 bits per heavy atom. The molecule has 0 aliphatic carbocycles. The predicted octanol–water partition coefficient (Wildman–Crippen LogP) is 2.57. The van der Waals surface area contributed by atoms with Gasteiger partial charge in [0.1, 0.15) is 5.69 Å². The van der Waals surface area contributed by atoms with E-state index in [-0.39, 0.29) is 17.7 Å². The number of hydrogen-bond donors (Lipinski definition) is 1. The van der Waals surface area contributed by atoms with Gasteiger partial charge in [-0.2, -0.15) is 13.2 Å². The van der Waals surface area contributed by atoms with Crippen molar-refractivity contribution in [1.29, 1.82) is 0 Å². The molecule has 8 nitrogen and oxygen atoms in total. The first-order valence-corrected chi connectivity index (χ1v) is 9.90. The zero-order valence-electron chi connectivity index (χ0n) is 17.5. The summed E-state index contributed by atoms with van der Waals surface area (Å²) in [6.45, 7) is 3.88. The smallest absolute Gasteiger partial charge is 0.475 e. The van der Waals surface area contributed by atoms with Crippen molar-refractivity contribution >= 4 is 23.5 Å². The molecule has 4 heterocycles. The number of nitrogens with zero attached hydrogens (tertiary/aromatic N) is 4. The molecule has 1 spiro atoms. The molecule has 2 aromatic heterocycles. The third-order valence-corrected chi connectivity index (χ3v) is 6.01. The summed E-state index contributed by atoms with van der Waals surface area (Å²) >= 11 is 0. The fourth-order valence-corrected chi connectivity index (χ4v) is 4.22. The minimum absolute atomic E-state index is 0.00357. The standard InChI is InChI=1S/C19H22N4O2.C2HF3O2/c1-14-12-22(17(24)16-6-4-9-21(16)2)13-19(14)7-10-23(18(19)25)15-5-3-8-20-11-15;3-2(4,5)1(6)7/h3-6,8-9,11,14H,7,10,12-13H2,1-2H3;(H,6,7)/t14-,19-;/m1./s1. The Balaban J connectivity index is 0.000000360. The molecule has 1 N–H and O–H groups in total. The lowest BCUT2D eigenvalue weighted by atomic mass is 9.78. The number of anilines is 1. The van der Waals surface area contributed by atoms with Crippen molar-refractivity contribution in [1.82, 2.24) is 14.5 Å². The molecule has 2 aliphatic heterocycles. The molecule has 11 heteroatoms. The number of carbonyl (C=O) groups is 3. The quantitative estimate of drug-likeness (QED) is 0.756. The highest BCUT2D eigenvalue weighted by atomic mass is 19.4. The SMILES string of the molecule is C[C@@H]1CN(C(=O)c2cccn2C)C[C@]12CCN(c1cccnc1)C2=O.O=C(O)C(F)(F)F. The zero-order valence-corrected chi connectivity index (χ0v) is 17.5. The van der Waals surface area contributed by atoms with Crippen molar-refractivity contribution in [3.63, 3.8) is 0 Å². The van der Waals surface area contributed by atoms with E-state index < -0.39 is 17.6 Å². The van der Waals surface area contributed by atoms with E-state index in [4.69, 9.17) is 9.90 Å². The fraction of sp³-hybridized carbons (Fsp3) is 0.429. The summed E-state index contributed by atoms with van der Waals surface area (Å²) in [5, 5.41) is 7.12. The van der Waals surface area contributed by atoms with Crippen LogP contribution in [0.2, 0.25) is 0 Å². The molecule has 0 saturated carbocycles. The van der Waals surface area contributed by atoms with Crippen LogP contribution in [-0.4, -0.2) is 63.2 Å². The Bertz CT molecular complexity index is 1010. The summed E-state index contributed by atoms with van der Waals surface area (Å²) in [7, 11) is 1.87. The maximum Gasteiger partial charge on any atom is 0.490 e. The molecule has 0 bridgehead atoms. The number of alkyl halides is 3. The molecule has 0 unspecified atom stereocenters. The van der Waals surface area contributed by atoms with E-state index in [0.717, 1.165) is 12.1 Å². The van der Waals surface area contributed by atoms with Crippen LogP contribution in [0.15, 0.2) is 42.9 Å². The summed E-state index contributed by atoms with van der Waals surface area (Å²) in [5.74, 6) is -2.49. The van der Waals surface area contributed by atoms with Gasteiger partial charge in [0.15, 0.2) is 0 Å². The van der Waals surface area contributed by atoms with Crippen molar-refractivity contribution in [2.24, 2.45) is 18.4 Å². The summed E-state index contributed by atoms with van der Waals surface area (Å²) in [6.07, 6.45) is 0.994. The molecule has 0 aromatic carbocycles. The van der Waals surface area contributed by atoms with E-state index in [9.17, 15) is 22.8 Å². The largest absolute Gasteiger partial charge is 0.490 e. The van der Waals surface area contributed by atoms with Gasteiger partial charge in [-0.3, -0.25) is 14.6 Å². The van der Waals surface area contributed by atoms with E-state index >= 15 is 0 Å². The van der Waals surface area contributed by atoms with Crippen molar-refractivity contribution < 1.29 is 32.7 Å². The average molecular weight is 452 g/mol. The highest BCUT2D eigenvalue weighted by Crippen LogP contribution is 2.46. The van der Waals surface area contributed by atoms with Crippen LogP contribution in [0.1, 0.15) is 23.8 Å². The van der Waals surface area contributed by atoms with Crippen LogP contribution in [0, 0.1) is 11.3 Å². The lowest BCUT2D eigenvalue weighted by Gasteiger charge is -2.26. The number of aryl methyl sites for hydroxylation is 1. The molecule has 2 saturated heterocycles. The van der Waals surface area contributed by atoms with E-state index in [1.165, 1.54) is 0 Å². The fourth-order valence-electron chi connectivity index (χ4n) is 4.22. The average Bonchev–Trinajstić information content (AvgIpc) is 3.41. The molecule has 0 radical (unpaired) electrons. The Morgan fingerprint density at radius 2 is 1.94 bits per heavy atom. The van der Waals surface area contributed by atoms with Crippen LogP contribution < -0.4 is 4.90 Å². The zero-order chi connectivity index (χ0) is 23.7. The molecule has 2 atom stereocenters. The number of rotatable bonds is 2. The molecule has 2 aliphatic rings. The van der Waals surface area contributed by atoms with E-state index in [1.54, 1.807) is 12.4 Å². The van der Waals surface area contributed by atoms with Crippen LogP contribution in [0.25, 0.3) is 0 Å². The van der Waals surface area contributed by atoms with Gasteiger partial charge >= 0.3 is 12.1 Å². The van der Waals surface area contributed by atoms with Crippen LogP contribution >= 0.6 is 0 Å². The Morgan fingerprint density at radius 3 is 2.47 bits per heavy atom. The third-order valence-electron chi connectivity index (χ3n) is 6.01. The van der Waals surface area contributed by atoms with E-state index in [2.05, 4.69) is 11.9 Å². The normalized spacial score (nSPS) is 22.8. The van der Waals surface area contributed by atoms with Gasteiger partial charge in [-0.25, -0.2) is 4.79 Å². The number of carboxylic acids is 1. The van der Waals surface area contributed by atoms with Crippen LogP contribution in [-0.2, 0) is 16.6 Å². The van der Waals surface area contributed by atoms with Crippen LogP contribution in [0.5, 0.6) is 0 Å². The number of aromatic nitrogens is 2. The molecule has 2 aromatic rings. The van der Waals surface area contributed by atoms with Gasteiger partial charge in [0, 0.05) is 39.1 Å². The first-order valence-electron chi connectivity index (χ1n) is 9.90. The van der Waals surface area contributed by atoms with Gasteiger partial charge < -0.3 is 19.5 Å². The topological polar surface area (TPSA) is 95.7 Å². The first kappa shape index (κ1) is 23.3. The number of carboxylic acid groups (broad SMARTS) is 1. The molecule has 32 heavy (non-hydrogen) atoms. The second kappa shape index (κ2) is 8.64. The molecule has 2 amide bonds. The Kier molecular flexibility index (Phi) is 6.29. The Hall–Kier alpha value is -3.37. The molecular weight excluding hydrogens is 429 g/mol. The first-order chi connectivity index (χ1) is 15.0. The van der Waals surface area contributed by atoms with Crippen molar-refractivity contribution in [2.45, 2.75) is 19.5 Å². The van der Waals surface area contributed by atoms with Gasteiger partial charge in [0.2, 0.25) is 5.91 Å². The molecular formula is C21H23F3N4O4. The van der Waals surface area contributed by atoms with Gasteiger partial charge in [-0.05, 0) is 36.6 Å². The molecule has 2 fully saturated rings. The third kappa shape index (κ3) is 4.32. The lowest BCUT2D eigenvalue weighted by molar-refractivity contribution is -0.192.